The topological polar surface area (TPSA) is 75.4 Å². The lowest BCUT2D eigenvalue weighted by Gasteiger charge is -2.09. The third-order valence-corrected chi connectivity index (χ3v) is 3.14. The summed E-state index contributed by atoms with van der Waals surface area (Å²) in [6.07, 6.45) is 0.276. The van der Waals surface area contributed by atoms with E-state index in [9.17, 15) is 4.79 Å². The third kappa shape index (κ3) is 2.66. The smallest absolute Gasteiger partial charge is 0.268 e. The largest absolute Gasteiger partial charge is 0.394 e. The minimum atomic E-state index is -0.966. The van der Waals surface area contributed by atoms with E-state index in [1.165, 1.54) is 10.9 Å². The van der Waals surface area contributed by atoms with Crippen molar-refractivity contribution in [2.75, 3.05) is 6.61 Å². The number of aliphatic hydroxyl groups is 2. The van der Waals surface area contributed by atoms with Gasteiger partial charge in [-0.2, -0.15) is 0 Å². The maximum atomic E-state index is 11.5. The Morgan fingerprint density at radius 3 is 2.93 bits per heavy atom. The van der Waals surface area contributed by atoms with Crippen molar-refractivity contribution in [2.24, 2.45) is 0 Å². The normalized spacial score (nSPS) is 12.9. The maximum absolute atomic E-state index is 11.5. The minimum Gasteiger partial charge on any atom is -0.394 e. The van der Waals surface area contributed by atoms with Gasteiger partial charge in [0.1, 0.15) is 8.72 Å². The Morgan fingerprint density at radius 2 is 2.36 bits per heavy atom. The zero-order valence-corrected chi connectivity index (χ0v) is 9.94. The molecule has 0 spiro atoms. The van der Waals surface area contributed by atoms with Gasteiger partial charge in [0, 0.05) is 0 Å². The molecule has 0 aliphatic carbocycles. The summed E-state index contributed by atoms with van der Waals surface area (Å²) < 4.78 is 1.51. The maximum Gasteiger partial charge on any atom is 0.268 e. The molecule has 5 nitrogen and oxygen atoms in total. The van der Waals surface area contributed by atoms with Crippen molar-refractivity contribution in [3.63, 3.8) is 0 Å². The number of nitrogens with zero attached hydrogens (tertiary/aromatic N) is 2. The van der Waals surface area contributed by atoms with Crippen molar-refractivity contribution in [1.29, 1.82) is 0 Å². The Kier molecular flexibility index (Phi) is 4.30. The van der Waals surface area contributed by atoms with E-state index in [-0.39, 0.29) is 17.3 Å². The summed E-state index contributed by atoms with van der Waals surface area (Å²) in [5.41, 5.74) is -0.321. The SMILES string of the molecule is O=c1c(I)c(Cl)ncn1CC(O)CO. The molecule has 0 aliphatic heterocycles. The summed E-state index contributed by atoms with van der Waals surface area (Å²) in [5.74, 6) is 0. The van der Waals surface area contributed by atoms with Crippen LogP contribution in [0.15, 0.2) is 11.1 Å². The molecule has 0 radical (unpaired) electrons. The van der Waals surface area contributed by atoms with Gasteiger partial charge in [-0.15, -0.1) is 0 Å². The van der Waals surface area contributed by atoms with Gasteiger partial charge in [-0.25, -0.2) is 4.98 Å². The van der Waals surface area contributed by atoms with Gasteiger partial charge in [0.25, 0.3) is 5.56 Å². The molecule has 14 heavy (non-hydrogen) atoms. The number of hydrogen-bond donors (Lipinski definition) is 2. The molecule has 1 heterocycles. The first-order valence-corrected chi connectivity index (χ1v) is 5.21. The van der Waals surface area contributed by atoms with Gasteiger partial charge >= 0.3 is 0 Å². The molecule has 1 aromatic heterocycles. The number of rotatable bonds is 3. The first-order chi connectivity index (χ1) is 6.56. The van der Waals surface area contributed by atoms with E-state index in [0.29, 0.717) is 3.57 Å². The Hall–Kier alpha value is -0.180. The molecule has 78 valence electrons. The monoisotopic (exact) mass is 330 g/mol. The van der Waals surface area contributed by atoms with Crippen LogP contribution in [0.2, 0.25) is 5.15 Å². The second-order valence-corrected chi connectivity index (χ2v) is 4.08. The molecule has 1 unspecified atom stereocenters. The summed E-state index contributed by atoms with van der Waals surface area (Å²) in [7, 11) is 0. The highest BCUT2D eigenvalue weighted by atomic mass is 127. The molecule has 0 aromatic carbocycles. The first-order valence-electron chi connectivity index (χ1n) is 3.75. The zero-order valence-electron chi connectivity index (χ0n) is 7.02. The average Bonchev–Trinajstić information content (AvgIpc) is 2.19. The van der Waals surface area contributed by atoms with Crippen molar-refractivity contribution in [3.8, 4) is 0 Å². The predicted octanol–water partition coefficient (Wildman–Crippen LogP) is -0.146. The fourth-order valence-corrected chi connectivity index (χ4v) is 1.43. The fraction of sp³-hybridized carbons (Fsp3) is 0.429. The Balaban J connectivity index is 3.00. The van der Waals surface area contributed by atoms with Gasteiger partial charge in [0.15, 0.2) is 0 Å². The number of aliphatic hydroxyl groups excluding tert-OH is 2. The lowest BCUT2D eigenvalue weighted by molar-refractivity contribution is 0.0800. The fourth-order valence-electron chi connectivity index (χ4n) is 0.859. The van der Waals surface area contributed by atoms with Gasteiger partial charge in [-0.05, 0) is 22.6 Å². The van der Waals surface area contributed by atoms with E-state index in [2.05, 4.69) is 4.98 Å². The summed E-state index contributed by atoms with van der Waals surface area (Å²) in [5, 5.41) is 17.9. The van der Waals surface area contributed by atoms with E-state index in [1.807, 2.05) is 0 Å². The number of halogens is 2. The van der Waals surface area contributed by atoms with Gasteiger partial charge in [-0.1, -0.05) is 11.6 Å². The third-order valence-electron chi connectivity index (χ3n) is 1.56. The van der Waals surface area contributed by atoms with Crippen LogP contribution in [0.4, 0.5) is 0 Å². The number of aromatic nitrogens is 2. The molecule has 0 saturated carbocycles. The molecule has 0 saturated heterocycles. The van der Waals surface area contributed by atoms with Crippen LogP contribution in [0.3, 0.4) is 0 Å². The summed E-state index contributed by atoms with van der Waals surface area (Å²) >= 11 is 7.39. The van der Waals surface area contributed by atoms with Gasteiger partial charge in [-0.3, -0.25) is 9.36 Å². The van der Waals surface area contributed by atoms with Gasteiger partial charge in [0.2, 0.25) is 0 Å². The second-order valence-electron chi connectivity index (χ2n) is 2.64. The molecule has 0 amide bonds. The van der Waals surface area contributed by atoms with Crippen LogP contribution in [0, 0.1) is 3.57 Å². The van der Waals surface area contributed by atoms with E-state index < -0.39 is 12.7 Å². The molecule has 0 aliphatic rings. The van der Waals surface area contributed by atoms with Crippen molar-refractivity contribution in [2.45, 2.75) is 12.6 Å². The van der Waals surface area contributed by atoms with Gasteiger partial charge < -0.3 is 10.2 Å². The lowest BCUT2D eigenvalue weighted by atomic mass is 10.4. The highest BCUT2D eigenvalue weighted by Gasteiger charge is 2.09. The lowest BCUT2D eigenvalue weighted by Crippen LogP contribution is -2.30. The molecule has 7 heteroatoms. The molecule has 0 bridgehead atoms. The molecule has 1 atom stereocenters. The van der Waals surface area contributed by atoms with Crippen LogP contribution < -0.4 is 5.56 Å². The van der Waals surface area contributed by atoms with E-state index in [0.717, 1.165) is 0 Å². The van der Waals surface area contributed by atoms with Crippen molar-refractivity contribution >= 4 is 34.2 Å². The minimum absolute atomic E-state index is 0.00943. The Morgan fingerprint density at radius 1 is 1.71 bits per heavy atom. The summed E-state index contributed by atoms with van der Waals surface area (Å²) in [6.45, 7) is -0.388. The van der Waals surface area contributed by atoms with Gasteiger partial charge in [0.05, 0.1) is 25.6 Å². The van der Waals surface area contributed by atoms with Crippen LogP contribution >= 0.6 is 34.2 Å². The Bertz CT molecular complexity index is 382. The highest BCUT2D eigenvalue weighted by Crippen LogP contribution is 2.09. The van der Waals surface area contributed by atoms with Crippen molar-refractivity contribution < 1.29 is 10.2 Å². The van der Waals surface area contributed by atoms with E-state index in [4.69, 9.17) is 21.8 Å². The Labute approximate surface area is 98.5 Å². The molecular weight excluding hydrogens is 322 g/mol. The zero-order chi connectivity index (χ0) is 10.7. The molecule has 1 aromatic rings. The average molecular weight is 331 g/mol. The summed E-state index contributed by atoms with van der Waals surface area (Å²) in [4.78, 5) is 15.2. The molecule has 2 N–H and O–H groups in total. The highest BCUT2D eigenvalue weighted by molar-refractivity contribution is 14.1. The molecule has 1 rings (SSSR count). The molecule has 0 fully saturated rings. The molecular formula is C7H8ClIN2O3. The first kappa shape index (κ1) is 11.9. The summed E-state index contributed by atoms with van der Waals surface area (Å²) in [6, 6.07) is 0. The van der Waals surface area contributed by atoms with Crippen LogP contribution in [-0.2, 0) is 6.54 Å². The predicted molar refractivity (Wildman–Crippen MR) is 59.3 cm³/mol. The van der Waals surface area contributed by atoms with Crippen LogP contribution in [-0.4, -0.2) is 32.5 Å². The van der Waals surface area contributed by atoms with Crippen LogP contribution in [0.5, 0.6) is 0 Å². The second kappa shape index (κ2) is 5.06. The van der Waals surface area contributed by atoms with Crippen molar-refractivity contribution in [3.05, 3.63) is 25.4 Å². The van der Waals surface area contributed by atoms with Crippen LogP contribution in [0.1, 0.15) is 0 Å². The van der Waals surface area contributed by atoms with E-state index in [1.54, 1.807) is 22.6 Å². The standard InChI is InChI=1S/C7H8ClIN2O3/c8-6-5(9)7(14)11(3-10-6)1-4(13)2-12/h3-4,12-13H,1-2H2. The van der Waals surface area contributed by atoms with Crippen molar-refractivity contribution in [1.82, 2.24) is 9.55 Å². The van der Waals surface area contributed by atoms with Crippen LogP contribution in [0.25, 0.3) is 0 Å². The number of hydrogen-bond acceptors (Lipinski definition) is 4. The quantitative estimate of drug-likeness (QED) is 0.597. The van der Waals surface area contributed by atoms with E-state index >= 15 is 0 Å².